The molecule has 1 aliphatic carbocycles. The molecule has 0 aromatic heterocycles. The van der Waals surface area contributed by atoms with Crippen LogP contribution < -0.4 is 5.32 Å². The molecular formula is C16H23NO2. The molecule has 3 nitrogen and oxygen atoms in total. The van der Waals surface area contributed by atoms with Gasteiger partial charge in [0.2, 0.25) is 0 Å². The number of carbonyl (C=O) groups is 1. The van der Waals surface area contributed by atoms with Crippen LogP contribution in [0.5, 0.6) is 0 Å². The minimum atomic E-state index is -0.725. The van der Waals surface area contributed by atoms with Crippen LogP contribution in [0.1, 0.15) is 50.3 Å². The maximum atomic E-state index is 11.2. The van der Waals surface area contributed by atoms with Gasteiger partial charge in [-0.05, 0) is 43.2 Å². The Balaban J connectivity index is 1.98. The maximum Gasteiger partial charge on any atom is 0.320 e. The Morgan fingerprint density at radius 3 is 2.47 bits per heavy atom. The zero-order valence-corrected chi connectivity index (χ0v) is 11.7. The lowest BCUT2D eigenvalue weighted by molar-refractivity contribution is -0.140. The quantitative estimate of drug-likeness (QED) is 0.792. The Labute approximate surface area is 115 Å². The number of rotatable bonds is 7. The molecule has 0 aliphatic heterocycles. The molecule has 1 aliphatic rings. The minimum absolute atomic E-state index is 0.0809. The number of nitrogens with one attached hydrogen (secondary N) is 1. The fourth-order valence-electron chi connectivity index (χ4n) is 2.47. The standard InChI is InChI=1S/C16H23NO2/c1-3-4-12-5-7-13(8-6-12)11(2)17-15(16(18)19)14-9-10-14/h5-8,11,14-15,17H,3-4,9-10H2,1-2H3,(H,18,19). The second-order valence-electron chi connectivity index (χ2n) is 5.53. The molecule has 1 aromatic rings. The Morgan fingerprint density at radius 1 is 1.37 bits per heavy atom. The molecule has 2 atom stereocenters. The van der Waals surface area contributed by atoms with E-state index in [4.69, 9.17) is 0 Å². The third-order valence-electron chi connectivity index (χ3n) is 3.81. The SMILES string of the molecule is CCCc1ccc(C(C)NC(C(=O)O)C2CC2)cc1. The molecule has 0 bridgehead atoms. The number of aryl methyl sites for hydroxylation is 1. The van der Waals surface area contributed by atoms with E-state index in [0.29, 0.717) is 5.92 Å². The van der Waals surface area contributed by atoms with Crippen LogP contribution in [0.3, 0.4) is 0 Å². The molecule has 3 heteroatoms. The summed E-state index contributed by atoms with van der Waals surface area (Å²) in [6, 6.07) is 8.18. The minimum Gasteiger partial charge on any atom is -0.480 e. The lowest BCUT2D eigenvalue weighted by Gasteiger charge is -2.20. The van der Waals surface area contributed by atoms with E-state index in [2.05, 4.69) is 36.5 Å². The van der Waals surface area contributed by atoms with Crippen molar-refractivity contribution in [3.63, 3.8) is 0 Å². The van der Waals surface area contributed by atoms with Crippen LogP contribution in [0.15, 0.2) is 24.3 Å². The number of hydrogen-bond donors (Lipinski definition) is 2. The fourth-order valence-corrected chi connectivity index (χ4v) is 2.47. The molecule has 2 rings (SSSR count). The fraction of sp³-hybridized carbons (Fsp3) is 0.562. The first-order valence-corrected chi connectivity index (χ1v) is 7.19. The van der Waals surface area contributed by atoms with Gasteiger partial charge in [-0.3, -0.25) is 10.1 Å². The predicted molar refractivity (Wildman–Crippen MR) is 76.1 cm³/mol. The van der Waals surface area contributed by atoms with Gasteiger partial charge in [-0.15, -0.1) is 0 Å². The molecule has 0 saturated heterocycles. The Hall–Kier alpha value is -1.35. The summed E-state index contributed by atoms with van der Waals surface area (Å²) in [6.45, 7) is 4.21. The van der Waals surface area contributed by atoms with Crippen molar-refractivity contribution in [2.24, 2.45) is 5.92 Å². The zero-order chi connectivity index (χ0) is 13.8. The Morgan fingerprint density at radius 2 is 2.00 bits per heavy atom. The maximum absolute atomic E-state index is 11.2. The van der Waals surface area contributed by atoms with Gasteiger partial charge < -0.3 is 5.11 Å². The highest BCUT2D eigenvalue weighted by atomic mass is 16.4. The van der Waals surface area contributed by atoms with Gasteiger partial charge in [-0.1, -0.05) is 37.6 Å². The molecule has 19 heavy (non-hydrogen) atoms. The third-order valence-corrected chi connectivity index (χ3v) is 3.81. The second-order valence-corrected chi connectivity index (χ2v) is 5.53. The topological polar surface area (TPSA) is 49.3 Å². The summed E-state index contributed by atoms with van der Waals surface area (Å²) < 4.78 is 0. The smallest absolute Gasteiger partial charge is 0.320 e. The monoisotopic (exact) mass is 261 g/mol. The summed E-state index contributed by atoms with van der Waals surface area (Å²) in [4.78, 5) is 11.2. The van der Waals surface area contributed by atoms with Crippen molar-refractivity contribution in [1.29, 1.82) is 0 Å². The number of carboxylic acids is 1. The second kappa shape index (κ2) is 6.20. The van der Waals surface area contributed by atoms with Gasteiger partial charge in [0.15, 0.2) is 0 Å². The van der Waals surface area contributed by atoms with Crippen LogP contribution in [0.2, 0.25) is 0 Å². The first-order chi connectivity index (χ1) is 9.11. The van der Waals surface area contributed by atoms with Crippen molar-refractivity contribution in [3.8, 4) is 0 Å². The van der Waals surface area contributed by atoms with Gasteiger partial charge in [0.1, 0.15) is 6.04 Å². The largest absolute Gasteiger partial charge is 0.480 e. The van der Waals surface area contributed by atoms with E-state index in [1.165, 1.54) is 5.56 Å². The zero-order valence-electron chi connectivity index (χ0n) is 11.7. The number of hydrogen-bond acceptors (Lipinski definition) is 2. The van der Waals surface area contributed by atoms with Crippen LogP contribution in [0.25, 0.3) is 0 Å². The van der Waals surface area contributed by atoms with Crippen molar-refractivity contribution in [2.75, 3.05) is 0 Å². The summed E-state index contributed by atoms with van der Waals surface area (Å²) in [7, 11) is 0. The van der Waals surface area contributed by atoms with Crippen LogP contribution in [-0.4, -0.2) is 17.1 Å². The van der Waals surface area contributed by atoms with Gasteiger partial charge >= 0.3 is 5.97 Å². The molecule has 1 saturated carbocycles. The van der Waals surface area contributed by atoms with Gasteiger partial charge in [0.25, 0.3) is 0 Å². The summed E-state index contributed by atoms with van der Waals surface area (Å²) in [5.41, 5.74) is 2.50. The molecule has 2 N–H and O–H groups in total. The first-order valence-electron chi connectivity index (χ1n) is 7.19. The lowest BCUT2D eigenvalue weighted by Crippen LogP contribution is -2.40. The third kappa shape index (κ3) is 3.80. The lowest BCUT2D eigenvalue weighted by atomic mass is 10.0. The molecule has 104 valence electrons. The van der Waals surface area contributed by atoms with E-state index < -0.39 is 12.0 Å². The molecule has 1 aromatic carbocycles. The van der Waals surface area contributed by atoms with Gasteiger partial charge in [0, 0.05) is 6.04 Å². The van der Waals surface area contributed by atoms with E-state index >= 15 is 0 Å². The molecule has 1 fully saturated rings. The van der Waals surface area contributed by atoms with Crippen molar-refractivity contribution >= 4 is 5.97 Å². The van der Waals surface area contributed by atoms with Crippen LogP contribution in [-0.2, 0) is 11.2 Å². The van der Waals surface area contributed by atoms with E-state index in [0.717, 1.165) is 31.2 Å². The molecule has 2 unspecified atom stereocenters. The molecule has 0 spiro atoms. The summed E-state index contributed by atoms with van der Waals surface area (Å²) in [5, 5.41) is 12.5. The first kappa shape index (κ1) is 14.1. The molecule has 0 heterocycles. The van der Waals surface area contributed by atoms with Crippen LogP contribution >= 0.6 is 0 Å². The highest BCUT2D eigenvalue weighted by Crippen LogP contribution is 2.33. The highest BCUT2D eigenvalue weighted by molar-refractivity contribution is 5.74. The normalized spacial score (nSPS) is 18.0. The van der Waals surface area contributed by atoms with Crippen molar-refractivity contribution in [2.45, 2.75) is 51.6 Å². The Bertz CT molecular complexity index is 423. The molecule has 0 amide bonds. The average Bonchev–Trinajstić information content (AvgIpc) is 3.21. The molecular weight excluding hydrogens is 238 g/mol. The van der Waals surface area contributed by atoms with E-state index in [1.54, 1.807) is 0 Å². The molecule has 0 radical (unpaired) electrons. The van der Waals surface area contributed by atoms with Crippen molar-refractivity contribution in [3.05, 3.63) is 35.4 Å². The Kier molecular flexibility index (Phi) is 4.59. The van der Waals surface area contributed by atoms with Gasteiger partial charge in [-0.25, -0.2) is 0 Å². The van der Waals surface area contributed by atoms with Gasteiger partial charge in [0.05, 0.1) is 0 Å². The summed E-state index contributed by atoms with van der Waals surface area (Å²) >= 11 is 0. The van der Waals surface area contributed by atoms with Crippen LogP contribution in [0, 0.1) is 5.92 Å². The number of aliphatic carboxylic acids is 1. The van der Waals surface area contributed by atoms with E-state index in [1.807, 2.05) is 6.92 Å². The van der Waals surface area contributed by atoms with Crippen molar-refractivity contribution in [1.82, 2.24) is 5.32 Å². The van der Waals surface area contributed by atoms with Crippen LogP contribution in [0.4, 0.5) is 0 Å². The van der Waals surface area contributed by atoms with Gasteiger partial charge in [-0.2, -0.15) is 0 Å². The average molecular weight is 261 g/mol. The highest BCUT2D eigenvalue weighted by Gasteiger charge is 2.36. The summed E-state index contributed by atoms with van der Waals surface area (Å²) in [6.07, 6.45) is 4.32. The number of carboxylic acid groups (broad SMARTS) is 1. The van der Waals surface area contributed by atoms with E-state index in [9.17, 15) is 9.90 Å². The summed E-state index contributed by atoms with van der Waals surface area (Å²) in [5.74, 6) is -0.406. The number of benzene rings is 1. The van der Waals surface area contributed by atoms with Crippen molar-refractivity contribution < 1.29 is 9.90 Å². The predicted octanol–water partition coefficient (Wildman–Crippen LogP) is 3.15. The van der Waals surface area contributed by atoms with E-state index in [-0.39, 0.29) is 6.04 Å².